The number of nitrogens with zero attached hydrogens (tertiary/aromatic N) is 3. The third kappa shape index (κ3) is 3.72. The molecule has 1 aromatic carbocycles. The third-order valence-corrected chi connectivity index (χ3v) is 4.29. The first-order valence-electron chi connectivity index (χ1n) is 8.47. The monoisotopic (exact) mass is 365 g/mol. The Bertz CT molecular complexity index is 1000. The molecule has 1 saturated heterocycles. The smallest absolute Gasteiger partial charge is 0.270 e. The largest absolute Gasteiger partial charge is 0.384 e. The molecule has 1 aliphatic heterocycles. The highest BCUT2D eigenvalue weighted by Crippen LogP contribution is 2.23. The van der Waals surface area contributed by atoms with E-state index in [2.05, 4.69) is 25.6 Å². The summed E-state index contributed by atoms with van der Waals surface area (Å²) in [5, 5.41) is 7.75. The van der Waals surface area contributed by atoms with Crippen molar-refractivity contribution < 1.29 is 9.53 Å². The summed E-state index contributed by atoms with van der Waals surface area (Å²) in [6.45, 7) is 1.61. The highest BCUT2D eigenvalue weighted by Gasteiger charge is 2.19. The summed E-state index contributed by atoms with van der Waals surface area (Å²) in [6, 6.07) is 9.31. The molecule has 9 heteroatoms. The maximum atomic E-state index is 12.4. The van der Waals surface area contributed by atoms with Gasteiger partial charge in [-0.3, -0.25) is 4.79 Å². The number of nitrogens with one attached hydrogen (secondary N) is 2. The zero-order valence-corrected chi connectivity index (χ0v) is 14.5. The molecule has 0 spiro atoms. The van der Waals surface area contributed by atoms with Crippen molar-refractivity contribution in [3.63, 3.8) is 0 Å². The molecule has 9 nitrogen and oxygen atoms in total. The Balaban J connectivity index is 1.44. The Morgan fingerprint density at radius 3 is 2.81 bits per heavy atom. The van der Waals surface area contributed by atoms with Crippen LogP contribution in [0.3, 0.4) is 0 Å². The van der Waals surface area contributed by atoms with Gasteiger partial charge in [0.2, 0.25) is 0 Å². The van der Waals surface area contributed by atoms with Gasteiger partial charge in [-0.15, -0.1) is 0 Å². The van der Waals surface area contributed by atoms with E-state index in [4.69, 9.17) is 16.2 Å². The zero-order chi connectivity index (χ0) is 18.8. The van der Waals surface area contributed by atoms with Gasteiger partial charge in [-0.2, -0.15) is 0 Å². The number of nitrogens with two attached hydrogens (primary N) is 2. The van der Waals surface area contributed by atoms with Crippen molar-refractivity contribution in [3.05, 3.63) is 47.9 Å². The highest BCUT2D eigenvalue weighted by atomic mass is 16.5. The van der Waals surface area contributed by atoms with Crippen molar-refractivity contribution in [1.29, 1.82) is 0 Å². The van der Waals surface area contributed by atoms with Crippen LogP contribution in [0.2, 0.25) is 0 Å². The number of anilines is 3. The Morgan fingerprint density at radius 1 is 1.19 bits per heavy atom. The van der Waals surface area contributed by atoms with Gasteiger partial charge >= 0.3 is 0 Å². The number of carbonyl (C=O) groups is 1. The van der Waals surface area contributed by atoms with Gasteiger partial charge in [0.1, 0.15) is 29.5 Å². The van der Waals surface area contributed by atoms with E-state index in [0.717, 1.165) is 16.3 Å². The number of rotatable bonds is 5. The fourth-order valence-electron chi connectivity index (χ4n) is 2.81. The number of carbonyl (C=O) groups excluding carboxylic acids is 1. The van der Waals surface area contributed by atoms with Gasteiger partial charge in [-0.25, -0.2) is 15.0 Å². The number of benzene rings is 1. The predicted molar refractivity (Wildman–Crippen MR) is 102 cm³/mol. The molecule has 0 saturated carbocycles. The topological polar surface area (TPSA) is 141 Å². The molecule has 0 bridgehead atoms. The quantitative estimate of drug-likeness (QED) is 0.523. The van der Waals surface area contributed by atoms with Gasteiger partial charge in [-0.05, 0) is 23.1 Å². The summed E-state index contributed by atoms with van der Waals surface area (Å²) in [5.41, 5.74) is 12.8. The Hall–Kier alpha value is -3.46. The van der Waals surface area contributed by atoms with Crippen molar-refractivity contribution >= 4 is 34.1 Å². The van der Waals surface area contributed by atoms with Crippen LogP contribution in [0.1, 0.15) is 16.1 Å². The molecule has 4 rings (SSSR count). The van der Waals surface area contributed by atoms with Crippen molar-refractivity contribution in [2.24, 2.45) is 0 Å². The Labute approximate surface area is 155 Å². The van der Waals surface area contributed by atoms with Crippen molar-refractivity contribution in [1.82, 2.24) is 20.3 Å². The van der Waals surface area contributed by atoms with Gasteiger partial charge < -0.3 is 26.8 Å². The maximum absolute atomic E-state index is 12.4. The molecule has 0 unspecified atom stereocenters. The normalized spacial score (nSPS) is 13.9. The molecule has 2 aromatic heterocycles. The highest BCUT2D eigenvalue weighted by molar-refractivity contribution is 5.94. The second-order valence-corrected chi connectivity index (χ2v) is 6.34. The van der Waals surface area contributed by atoms with Crippen LogP contribution in [0.4, 0.5) is 17.5 Å². The molecule has 138 valence electrons. The van der Waals surface area contributed by atoms with E-state index in [1.807, 2.05) is 18.2 Å². The summed E-state index contributed by atoms with van der Waals surface area (Å²) >= 11 is 0. The first-order valence-corrected chi connectivity index (χ1v) is 8.47. The molecular weight excluding hydrogens is 346 g/mol. The second-order valence-electron chi connectivity index (χ2n) is 6.34. The molecule has 3 heterocycles. The van der Waals surface area contributed by atoms with Gasteiger partial charge in [0.15, 0.2) is 0 Å². The fourth-order valence-corrected chi connectivity index (χ4v) is 2.81. The molecule has 1 amide bonds. The number of amides is 1. The van der Waals surface area contributed by atoms with Crippen LogP contribution in [0.15, 0.2) is 36.7 Å². The Kier molecular flexibility index (Phi) is 4.43. The van der Waals surface area contributed by atoms with E-state index < -0.39 is 0 Å². The lowest BCUT2D eigenvalue weighted by molar-refractivity contribution is 0.0209. The average Bonchev–Trinajstić information content (AvgIpc) is 2.63. The molecule has 0 aliphatic carbocycles. The van der Waals surface area contributed by atoms with E-state index >= 15 is 0 Å². The standard InChI is InChI=1S/C18H19N7O2/c19-15-4-11-2-1-10(3-13(11)17(20)25-15)6-21-18(26)14-5-16(23-9-22-14)24-12-7-27-8-12/h1-5,9,12H,6-8H2,(H,21,26)(H4,19,20,25)(H,22,23,24). The van der Waals surface area contributed by atoms with Crippen LogP contribution in [-0.4, -0.2) is 40.1 Å². The minimum Gasteiger partial charge on any atom is -0.384 e. The van der Waals surface area contributed by atoms with Gasteiger partial charge in [-0.1, -0.05) is 12.1 Å². The van der Waals surface area contributed by atoms with Crippen LogP contribution >= 0.6 is 0 Å². The summed E-state index contributed by atoms with van der Waals surface area (Å²) in [4.78, 5) is 24.6. The lowest BCUT2D eigenvalue weighted by Crippen LogP contribution is -2.40. The summed E-state index contributed by atoms with van der Waals surface area (Å²) in [5.74, 6) is 1.06. The van der Waals surface area contributed by atoms with Crippen LogP contribution in [0.25, 0.3) is 10.8 Å². The van der Waals surface area contributed by atoms with Crippen LogP contribution < -0.4 is 22.1 Å². The number of hydrogen-bond donors (Lipinski definition) is 4. The van der Waals surface area contributed by atoms with Gasteiger partial charge in [0.25, 0.3) is 5.91 Å². The molecule has 1 aliphatic rings. The molecule has 3 aromatic rings. The number of nitrogen functional groups attached to an aromatic ring is 2. The predicted octanol–water partition coefficient (Wildman–Crippen LogP) is 0.930. The number of pyridine rings is 1. The molecule has 27 heavy (non-hydrogen) atoms. The average molecular weight is 365 g/mol. The van der Waals surface area contributed by atoms with E-state index in [-0.39, 0.29) is 11.9 Å². The van der Waals surface area contributed by atoms with Crippen molar-refractivity contribution in [3.8, 4) is 0 Å². The molecule has 6 N–H and O–H groups in total. The number of ether oxygens (including phenoxy) is 1. The molecule has 0 atom stereocenters. The van der Waals surface area contributed by atoms with Crippen molar-refractivity contribution in [2.45, 2.75) is 12.6 Å². The number of aromatic nitrogens is 3. The lowest BCUT2D eigenvalue weighted by atomic mass is 10.1. The molecule has 1 fully saturated rings. The van der Waals surface area contributed by atoms with Crippen LogP contribution in [0, 0.1) is 0 Å². The summed E-state index contributed by atoms with van der Waals surface area (Å²) < 4.78 is 5.11. The Morgan fingerprint density at radius 2 is 2.04 bits per heavy atom. The van der Waals surface area contributed by atoms with Crippen LogP contribution in [0.5, 0.6) is 0 Å². The third-order valence-electron chi connectivity index (χ3n) is 4.29. The maximum Gasteiger partial charge on any atom is 0.270 e. The van der Waals surface area contributed by atoms with Crippen molar-refractivity contribution in [2.75, 3.05) is 30.0 Å². The minimum absolute atomic E-state index is 0.224. The second kappa shape index (κ2) is 7.04. The van der Waals surface area contributed by atoms with Crippen LogP contribution in [-0.2, 0) is 11.3 Å². The summed E-state index contributed by atoms with van der Waals surface area (Å²) in [6.07, 6.45) is 1.36. The van der Waals surface area contributed by atoms with E-state index in [9.17, 15) is 4.79 Å². The van der Waals surface area contributed by atoms with E-state index in [0.29, 0.717) is 42.9 Å². The van der Waals surface area contributed by atoms with E-state index in [1.165, 1.54) is 6.33 Å². The number of hydrogen-bond acceptors (Lipinski definition) is 8. The SMILES string of the molecule is Nc1cc2ccc(CNC(=O)c3cc(NC4COC4)ncn3)cc2c(N)n1. The lowest BCUT2D eigenvalue weighted by Gasteiger charge is -2.27. The minimum atomic E-state index is -0.284. The summed E-state index contributed by atoms with van der Waals surface area (Å²) in [7, 11) is 0. The van der Waals surface area contributed by atoms with Gasteiger partial charge in [0.05, 0.1) is 19.3 Å². The van der Waals surface area contributed by atoms with E-state index in [1.54, 1.807) is 12.1 Å². The fraction of sp³-hybridized carbons (Fsp3) is 0.222. The number of fused-ring (bicyclic) bond motifs is 1. The first kappa shape index (κ1) is 17.0. The first-order chi connectivity index (χ1) is 13.1. The van der Waals surface area contributed by atoms with Gasteiger partial charge in [0, 0.05) is 18.0 Å². The molecule has 0 radical (unpaired) electrons. The zero-order valence-electron chi connectivity index (χ0n) is 14.5. The molecular formula is C18H19N7O2.